The molecule has 0 unspecified atom stereocenters. The third-order valence-corrected chi connectivity index (χ3v) is 3.20. The summed E-state index contributed by atoms with van der Waals surface area (Å²) in [5.74, 6) is 6.57. The Bertz CT molecular complexity index is 518. The fraction of sp³-hybridized carbons (Fsp3) is 0.214. The average molecular weight is 276 g/mol. The number of carbonyl (C=O) groups is 1. The molecule has 0 spiro atoms. The van der Waals surface area contributed by atoms with Gasteiger partial charge in [-0.2, -0.15) is 0 Å². The van der Waals surface area contributed by atoms with E-state index in [0.29, 0.717) is 5.06 Å². The minimum atomic E-state index is -0.870. The molecule has 0 atom stereocenters. The summed E-state index contributed by atoms with van der Waals surface area (Å²) in [6.45, 7) is 1.87. The predicted octanol–water partition coefficient (Wildman–Crippen LogP) is 2.59. The Morgan fingerprint density at radius 3 is 2.95 bits per heavy atom. The van der Waals surface area contributed by atoms with Gasteiger partial charge in [0, 0.05) is 4.90 Å². The van der Waals surface area contributed by atoms with E-state index in [9.17, 15) is 4.79 Å². The quantitative estimate of drug-likeness (QED) is 0.376. The smallest absolute Gasteiger partial charge is 0.338 e. The molecule has 19 heavy (non-hydrogen) atoms. The number of nitrogens with zero attached hydrogens (tertiary/aromatic N) is 1. The van der Waals surface area contributed by atoms with Crippen LogP contribution in [0, 0.1) is 11.8 Å². The van der Waals surface area contributed by atoms with Crippen LogP contribution >= 0.6 is 11.8 Å². The van der Waals surface area contributed by atoms with Crippen molar-refractivity contribution in [2.45, 2.75) is 11.8 Å². The number of amides is 2. The van der Waals surface area contributed by atoms with Gasteiger partial charge in [0.2, 0.25) is 0 Å². The molecule has 0 saturated carbocycles. The van der Waals surface area contributed by atoms with Crippen molar-refractivity contribution >= 4 is 23.9 Å². The van der Waals surface area contributed by atoms with Crippen LogP contribution in [0.25, 0.3) is 6.08 Å². The van der Waals surface area contributed by atoms with Crippen LogP contribution < -0.4 is 5.73 Å². The highest BCUT2D eigenvalue weighted by molar-refractivity contribution is 7.99. The van der Waals surface area contributed by atoms with Crippen LogP contribution in [0.3, 0.4) is 0 Å². The number of carbonyl (C=O) groups excluding carboxylic acids is 1. The normalized spacial score (nSPS) is 10.0. The van der Waals surface area contributed by atoms with Crippen LogP contribution in [0.15, 0.2) is 35.2 Å². The van der Waals surface area contributed by atoms with E-state index in [0.717, 1.165) is 16.2 Å². The molecule has 0 radical (unpaired) electrons. The first kappa shape index (κ1) is 15.2. The third-order valence-electron chi connectivity index (χ3n) is 2.23. The second kappa shape index (κ2) is 8.25. The zero-order chi connectivity index (χ0) is 14.1. The number of thioether (sulfide) groups is 1. The van der Waals surface area contributed by atoms with E-state index in [4.69, 9.17) is 10.9 Å². The lowest BCUT2D eigenvalue weighted by molar-refractivity contribution is -0.0286. The van der Waals surface area contributed by atoms with E-state index in [-0.39, 0.29) is 6.54 Å². The summed E-state index contributed by atoms with van der Waals surface area (Å²) >= 11 is 1.64. The van der Waals surface area contributed by atoms with E-state index in [2.05, 4.69) is 11.8 Å². The van der Waals surface area contributed by atoms with Gasteiger partial charge in [0.15, 0.2) is 0 Å². The molecule has 1 aromatic rings. The molecular weight excluding hydrogens is 260 g/mol. The van der Waals surface area contributed by atoms with Crippen LogP contribution in [0.1, 0.15) is 12.5 Å². The molecule has 0 aliphatic heterocycles. The summed E-state index contributed by atoms with van der Waals surface area (Å²) in [5.41, 5.74) is 5.93. The summed E-state index contributed by atoms with van der Waals surface area (Å²) in [6, 6.07) is 6.99. The van der Waals surface area contributed by atoms with Gasteiger partial charge < -0.3 is 5.73 Å². The molecule has 4 nitrogen and oxygen atoms in total. The van der Waals surface area contributed by atoms with Crippen molar-refractivity contribution < 1.29 is 10.0 Å². The Labute approximate surface area is 117 Å². The number of rotatable bonds is 5. The van der Waals surface area contributed by atoms with Crippen molar-refractivity contribution in [3.05, 3.63) is 35.9 Å². The highest BCUT2D eigenvalue weighted by atomic mass is 32.2. The molecule has 0 aliphatic carbocycles. The van der Waals surface area contributed by atoms with Gasteiger partial charge in [-0.15, -0.1) is 17.7 Å². The molecule has 1 aromatic carbocycles. The van der Waals surface area contributed by atoms with E-state index < -0.39 is 6.03 Å². The largest absolute Gasteiger partial charge is 0.350 e. The summed E-state index contributed by atoms with van der Waals surface area (Å²) in [5, 5.41) is 9.58. The lowest BCUT2D eigenvalue weighted by Gasteiger charge is -2.08. The molecule has 0 heterocycles. The Hall–Kier alpha value is -1.90. The lowest BCUT2D eigenvalue weighted by atomic mass is 10.2. The van der Waals surface area contributed by atoms with Crippen molar-refractivity contribution in [2.24, 2.45) is 5.73 Å². The number of hydrogen-bond donors (Lipinski definition) is 2. The van der Waals surface area contributed by atoms with Crippen LogP contribution in [0.2, 0.25) is 0 Å². The molecular formula is C14H16N2O2S. The number of primary amides is 1. The zero-order valence-electron chi connectivity index (χ0n) is 10.7. The molecule has 0 fully saturated rings. The van der Waals surface area contributed by atoms with Crippen molar-refractivity contribution in [2.75, 3.05) is 12.3 Å². The van der Waals surface area contributed by atoms with Gasteiger partial charge in [0.25, 0.3) is 0 Å². The summed E-state index contributed by atoms with van der Waals surface area (Å²) < 4.78 is 0. The van der Waals surface area contributed by atoms with Crippen molar-refractivity contribution in [1.82, 2.24) is 5.06 Å². The number of urea groups is 1. The molecule has 0 aromatic heterocycles. The van der Waals surface area contributed by atoms with Gasteiger partial charge in [-0.05, 0) is 18.6 Å². The molecule has 3 N–H and O–H groups in total. The van der Waals surface area contributed by atoms with Crippen LogP contribution in [0.5, 0.6) is 0 Å². The molecule has 100 valence electrons. The number of hydrogen-bond acceptors (Lipinski definition) is 3. The van der Waals surface area contributed by atoms with Gasteiger partial charge >= 0.3 is 6.03 Å². The fourth-order valence-electron chi connectivity index (χ4n) is 1.31. The topological polar surface area (TPSA) is 66.6 Å². The maximum Gasteiger partial charge on any atom is 0.338 e. The highest BCUT2D eigenvalue weighted by Crippen LogP contribution is 2.23. The first-order valence-electron chi connectivity index (χ1n) is 5.69. The number of hydroxylamine groups is 2. The number of benzene rings is 1. The van der Waals surface area contributed by atoms with Gasteiger partial charge in [0.1, 0.15) is 0 Å². The van der Waals surface area contributed by atoms with Gasteiger partial charge in [-0.1, -0.05) is 36.3 Å². The first-order valence-corrected chi connectivity index (χ1v) is 6.67. The summed E-state index contributed by atoms with van der Waals surface area (Å²) in [7, 11) is 0. The monoisotopic (exact) mass is 276 g/mol. The third kappa shape index (κ3) is 5.51. The van der Waals surface area contributed by atoms with Crippen molar-refractivity contribution in [3.63, 3.8) is 0 Å². The van der Waals surface area contributed by atoms with Crippen molar-refractivity contribution in [1.29, 1.82) is 0 Å². The number of nitrogens with two attached hydrogens (primary N) is 1. The molecule has 5 heteroatoms. The standard InChI is InChI=1S/C14H16N2O2S/c1-2-3-11-19-13-9-5-4-7-12(13)8-6-10-16(18)14(15)17/h4-9,18H,10-11H2,1H3,(H2,15,17)/b8-6+. The molecule has 0 saturated heterocycles. The SMILES string of the molecule is CC#CCSc1ccccc1/C=C/CN(O)C(N)=O. The first-order chi connectivity index (χ1) is 9.15. The maximum atomic E-state index is 10.6. The van der Waals surface area contributed by atoms with Crippen LogP contribution in [-0.4, -0.2) is 28.6 Å². The van der Waals surface area contributed by atoms with Crippen LogP contribution in [0.4, 0.5) is 4.79 Å². The average Bonchev–Trinajstić information content (AvgIpc) is 2.40. The zero-order valence-corrected chi connectivity index (χ0v) is 11.5. The molecule has 0 bridgehead atoms. The highest BCUT2D eigenvalue weighted by Gasteiger charge is 2.02. The van der Waals surface area contributed by atoms with Gasteiger partial charge in [-0.25, -0.2) is 9.86 Å². The fourth-order valence-corrected chi connectivity index (χ4v) is 2.15. The van der Waals surface area contributed by atoms with Crippen LogP contribution in [-0.2, 0) is 0 Å². The van der Waals surface area contributed by atoms with E-state index >= 15 is 0 Å². The minimum Gasteiger partial charge on any atom is -0.350 e. The van der Waals surface area contributed by atoms with Gasteiger partial charge in [0.05, 0.1) is 12.3 Å². The molecule has 0 aliphatic rings. The second-order valence-corrected chi connectivity index (χ2v) is 4.59. The Balaban J connectivity index is 2.68. The minimum absolute atomic E-state index is 0.0586. The van der Waals surface area contributed by atoms with E-state index in [1.165, 1.54) is 0 Å². The Kier molecular flexibility index (Phi) is 6.58. The molecule has 2 amide bonds. The summed E-state index contributed by atoms with van der Waals surface area (Å²) in [6.07, 6.45) is 3.52. The van der Waals surface area contributed by atoms with E-state index in [1.807, 2.05) is 37.3 Å². The lowest BCUT2D eigenvalue weighted by Crippen LogP contribution is -2.32. The Morgan fingerprint density at radius 2 is 2.26 bits per heavy atom. The Morgan fingerprint density at radius 1 is 1.53 bits per heavy atom. The van der Waals surface area contributed by atoms with E-state index in [1.54, 1.807) is 17.8 Å². The maximum absolute atomic E-state index is 10.6. The van der Waals surface area contributed by atoms with Gasteiger partial charge in [-0.3, -0.25) is 5.21 Å². The summed E-state index contributed by atoms with van der Waals surface area (Å²) in [4.78, 5) is 11.7. The van der Waals surface area contributed by atoms with Crippen molar-refractivity contribution in [3.8, 4) is 11.8 Å². The predicted molar refractivity (Wildman–Crippen MR) is 77.7 cm³/mol. The molecule has 1 rings (SSSR count). The second-order valence-electron chi connectivity index (χ2n) is 3.58.